The van der Waals surface area contributed by atoms with Crippen LogP contribution in [0.1, 0.15) is 0 Å². The van der Waals surface area contributed by atoms with E-state index in [4.69, 9.17) is 4.74 Å². The fourth-order valence-corrected chi connectivity index (χ4v) is 4.03. The Morgan fingerprint density at radius 1 is 1.00 bits per heavy atom. The van der Waals surface area contributed by atoms with Crippen molar-refractivity contribution < 1.29 is 35.8 Å². The molecule has 0 fully saturated rings. The van der Waals surface area contributed by atoms with E-state index in [1.165, 1.54) is 25.3 Å². The summed E-state index contributed by atoms with van der Waals surface area (Å²) in [5.74, 6) is 0.201. The summed E-state index contributed by atoms with van der Waals surface area (Å²) in [5.41, 5.74) is -0.0738. The van der Waals surface area contributed by atoms with Crippen molar-refractivity contribution in [1.82, 2.24) is 0 Å². The molecule has 2 rings (SSSR count). The van der Waals surface area contributed by atoms with Crippen molar-refractivity contribution in [2.45, 2.75) is 0 Å². The maximum absolute atomic E-state index is 11.0. The van der Waals surface area contributed by atoms with Crippen molar-refractivity contribution >= 4 is 11.4 Å². The molecule has 0 unspecified atom stereocenters. The molecule has 0 amide bonds. The summed E-state index contributed by atoms with van der Waals surface area (Å²) in [4.78, 5) is 20.8. The molecule has 7 nitrogen and oxygen atoms in total. The molecular weight excluding hydrogens is 391 g/mol. The van der Waals surface area contributed by atoms with Crippen LogP contribution >= 0.6 is 0 Å². The van der Waals surface area contributed by atoms with Gasteiger partial charge in [0, 0.05) is 0 Å². The van der Waals surface area contributed by atoms with E-state index in [9.17, 15) is 20.2 Å². The van der Waals surface area contributed by atoms with Gasteiger partial charge in [0.05, 0.1) is 0 Å². The number of nitro groups is 2. The van der Waals surface area contributed by atoms with Gasteiger partial charge in [0.25, 0.3) is 0 Å². The summed E-state index contributed by atoms with van der Waals surface area (Å²) >= 11 is -0.738. The van der Waals surface area contributed by atoms with Gasteiger partial charge in [-0.1, -0.05) is 0 Å². The van der Waals surface area contributed by atoms with Crippen molar-refractivity contribution in [1.29, 1.82) is 0 Å². The zero-order valence-corrected chi connectivity index (χ0v) is 13.0. The fourth-order valence-electron chi connectivity index (χ4n) is 1.64. The molecule has 0 aliphatic rings. The molecule has 0 aliphatic heterocycles. The van der Waals surface area contributed by atoms with E-state index >= 15 is 0 Å². The third-order valence-corrected chi connectivity index (χ3v) is 5.16. The van der Waals surface area contributed by atoms with Crippen LogP contribution in [0.3, 0.4) is 0 Å². The van der Waals surface area contributed by atoms with Crippen LogP contribution in [0.5, 0.6) is 5.75 Å². The van der Waals surface area contributed by atoms with E-state index in [1.54, 1.807) is 24.3 Å². The Morgan fingerprint density at radius 2 is 1.71 bits per heavy atom. The minimum atomic E-state index is -0.738. The molecule has 2 aromatic rings. The Hall–Kier alpha value is -2.23. The number of hydrogen-bond donors (Lipinski definition) is 0. The normalized spacial score (nSPS) is 10.3. The number of nitrogens with zero attached hydrogens (tertiary/aromatic N) is 2. The Kier molecular flexibility index (Phi) is 4.68. The Morgan fingerprint density at radius 3 is 2.33 bits per heavy atom. The first-order valence-corrected chi connectivity index (χ1v) is 7.88. The van der Waals surface area contributed by atoms with Gasteiger partial charge in [-0.3, -0.25) is 0 Å². The van der Waals surface area contributed by atoms with Gasteiger partial charge < -0.3 is 0 Å². The molecule has 0 radical (unpaired) electrons. The van der Waals surface area contributed by atoms with Crippen molar-refractivity contribution in [2.75, 3.05) is 7.11 Å². The van der Waals surface area contributed by atoms with Crippen LogP contribution in [0.15, 0.2) is 42.5 Å². The van der Waals surface area contributed by atoms with Crippen LogP contribution in [0, 0.1) is 27.4 Å². The molecule has 0 heterocycles. The first-order valence-electron chi connectivity index (χ1n) is 5.73. The minimum absolute atomic E-state index is 0.0233. The Bertz CT molecular complexity index is 705. The maximum atomic E-state index is 11.0. The topological polar surface area (TPSA) is 95.5 Å². The third-order valence-electron chi connectivity index (χ3n) is 2.57. The van der Waals surface area contributed by atoms with Crippen molar-refractivity contribution in [3.63, 3.8) is 0 Å². The van der Waals surface area contributed by atoms with E-state index in [-0.39, 0.29) is 17.1 Å². The zero-order valence-electron chi connectivity index (χ0n) is 10.9. The molecule has 110 valence electrons. The zero-order chi connectivity index (χ0) is 15.4. The van der Waals surface area contributed by atoms with Crippen LogP contribution in [0.25, 0.3) is 0 Å². The van der Waals surface area contributed by atoms with Crippen LogP contribution in [-0.4, -0.2) is 17.0 Å². The number of methoxy groups -OCH3 is 1. The molecule has 0 spiro atoms. The molecule has 0 aliphatic carbocycles. The summed E-state index contributed by atoms with van der Waals surface area (Å²) < 4.78 is 6.56. The van der Waals surface area contributed by atoms with Crippen LogP contribution in [-0.2, 0) is 0 Å². The molecule has 0 bridgehead atoms. The second kappa shape index (κ2) is 6.48. The molecule has 8 heteroatoms. The van der Waals surface area contributed by atoms with Gasteiger partial charge in [-0.15, -0.1) is 0 Å². The van der Waals surface area contributed by atoms with E-state index in [0.29, 0.717) is 0 Å². The SMILES string of the molecule is COc1ccc([I-]c2cccc([N+](=O)[O-])c2)cc1[N+](=O)[O-]. The van der Waals surface area contributed by atoms with Gasteiger partial charge in [-0.2, -0.15) is 0 Å². The van der Waals surface area contributed by atoms with Crippen LogP contribution in [0.2, 0.25) is 0 Å². The van der Waals surface area contributed by atoms with E-state index in [0.717, 1.165) is 7.14 Å². The van der Waals surface area contributed by atoms with Gasteiger partial charge in [-0.05, 0) is 0 Å². The third kappa shape index (κ3) is 3.66. The van der Waals surface area contributed by atoms with Gasteiger partial charge in [0.15, 0.2) is 0 Å². The molecule has 0 saturated carbocycles. The molecule has 21 heavy (non-hydrogen) atoms. The first kappa shape index (κ1) is 15.2. The quantitative estimate of drug-likeness (QED) is 0.388. The Balaban J connectivity index is 2.31. The average molecular weight is 401 g/mol. The second-order valence-electron chi connectivity index (χ2n) is 3.90. The molecular formula is C13H10IN2O5-. The number of rotatable bonds is 5. The van der Waals surface area contributed by atoms with Crippen molar-refractivity contribution in [3.05, 3.63) is 69.8 Å². The van der Waals surface area contributed by atoms with E-state index in [1.807, 2.05) is 0 Å². The van der Waals surface area contributed by atoms with Gasteiger partial charge in [0.1, 0.15) is 0 Å². The monoisotopic (exact) mass is 401 g/mol. The summed E-state index contributed by atoms with van der Waals surface area (Å²) in [6.45, 7) is 0. The molecule has 0 aromatic heterocycles. The van der Waals surface area contributed by atoms with Crippen molar-refractivity contribution in [3.8, 4) is 5.75 Å². The Labute approximate surface area is 130 Å². The predicted octanol–water partition coefficient (Wildman–Crippen LogP) is -0.360. The molecule has 0 N–H and O–H groups in total. The molecule has 0 atom stereocenters. The van der Waals surface area contributed by atoms with Crippen LogP contribution < -0.4 is 25.9 Å². The van der Waals surface area contributed by atoms with Gasteiger partial charge in [-0.25, -0.2) is 0 Å². The fraction of sp³-hybridized carbons (Fsp3) is 0.0769. The standard InChI is InChI=1S/C13H10IN2O5/c1-21-13-6-5-10(8-12(13)16(19)20)14-9-3-2-4-11(7-9)15(17)18/h2-8H,1H3/q-1. The van der Waals surface area contributed by atoms with E-state index < -0.39 is 31.1 Å². The predicted molar refractivity (Wildman–Crippen MR) is 70.1 cm³/mol. The number of nitro benzene ring substituents is 2. The number of halogens is 1. The average Bonchev–Trinajstić information content (AvgIpc) is 2.47. The summed E-state index contributed by atoms with van der Waals surface area (Å²) in [5, 5.41) is 21.7. The summed E-state index contributed by atoms with van der Waals surface area (Å²) in [7, 11) is 1.37. The van der Waals surface area contributed by atoms with Gasteiger partial charge in [0.2, 0.25) is 0 Å². The molecule has 0 saturated heterocycles. The van der Waals surface area contributed by atoms with E-state index in [2.05, 4.69) is 0 Å². The number of non-ortho nitro benzene ring substituents is 1. The van der Waals surface area contributed by atoms with Gasteiger partial charge >= 0.3 is 130 Å². The second-order valence-corrected chi connectivity index (χ2v) is 6.94. The van der Waals surface area contributed by atoms with Crippen molar-refractivity contribution in [2.24, 2.45) is 0 Å². The summed E-state index contributed by atoms with van der Waals surface area (Å²) in [6.07, 6.45) is 0. The first-order chi connectivity index (χ1) is 10.0. The number of ether oxygens (including phenoxy) is 1. The number of benzene rings is 2. The number of hydrogen-bond acceptors (Lipinski definition) is 5. The van der Waals surface area contributed by atoms with Crippen LogP contribution in [0.4, 0.5) is 11.4 Å². The molecule has 2 aromatic carbocycles. The summed E-state index contributed by atoms with van der Waals surface area (Å²) in [6, 6.07) is 11.1.